The van der Waals surface area contributed by atoms with Gasteiger partial charge in [0.1, 0.15) is 18.4 Å². The van der Waals surface area contributed by atoms with Crippen molar-refractivity contribution in [3.05, 3.63) is 64.7 Å². The zero-order valence-electron chi connectivity index (χ0n) is 11.3. The van der Waals surface area contributed by atoms with Gasteiger partial charge in [0.25, 0.3) is 0 Å². The topological polar surface area (TPSA) is 72.5 Å². The van der Waals surface area contributed by atoms with Gasteiger partial charge in [-0.1, -0.05) is 48.0 Å². The molecular formula is C16H16ClNO3. The quantitative estimate of drug-likeness (QED) is 0.860. The Kier molecular flexibility index (Phi) is 5.20. The Balaban J connectivity index is 2.00. The molecule has 0 aliphatic carbocycles. The van der Waals surface area contributed by atoms with Gasteiger partial charge in [-0.05, 0) is 29.7 Å². The number of carboxylic acids is 1. The molecule has 110 valence electrons. The molecule has 1 atom stereocenters. The van der Waals surface area contributed by atoms with Crippen LogP contribution >= 0.6 is 11.6 Å². The SMILES string of the molecule is NC(Cc1ccc(OCc2ccccc2)cc1Cl)C(=O)O. The fraction of sp³-hybridized carbons (Fsp3) is 0.188. The molecule has 0 radical (unpaired) electrons. The van der Waals surface area contributed by atoms with Crippen molar-refractivity contribution in [2.24, 2.45) is 5.73 Å². The predicted molar refractivity (Wildman–Crippen MR) is 81.5 cm³/mol. The van der Waals surface area contributed by atoms with Crippen molar-refractivity contribution >= 4 is 17.6 Å². The summed E-state index contributed by atoms with van der Waals surface area (Å²) in [4.78, 5) is 10.7. The van der Waals surface area contributed by atoms with E-state index in [9.17, 15) is 4.79 Å². The Bertz CT molecular complexity index is 616. The normalized spacial score (nSPS) is 11.9. The van der Waals surface area contributed by atoms with Crippen molar-refractivity contribution in [2.45, 2.75) is 19.1 Å². The molecule has 0 aromatic heterocycles. The average Bonchev–Trinajstić information content (AvgIpc) is 2.48. The molecule has 0 bridgehead atoms. The Morgan fingerprint density at radius 2 is 1.95 bits per heavy atom. The molecule has 0 saturated heterocycles. The largest absolute Gasteiger partial charge is 0.489 e. The van der Waals surface area contributed by atoms with E-state index in [2.05, 4.69) is 0 Å². The third kappa shape index (κ3) is 4.48. The van der Waals surface area contributed by atoms with Gasteiger partial charge < -0.3 is 15.6 Å². The first-order valence-electron chi connectivity index (χ1n) is 6.50. The first kappa shape index (κ1) is 15.4. The van der Waals surface area contributed by atoms with Gasteiger partial charge in [-0.3, -0.25) is 4.79 Å². The summed E-state index contributed by atoms with van der Waals surface area (Å²) in [6.45, 7) is 0.450. The van der Waals surface area contributed by atoms with Crippen LogP contribution in [-0.4, -0.2) is 17.1 Å². The maximum Gasteiger partial charge on any atom is 0.320 e. The predicted octanol–water partition coefficient (Wildman–Crippen LogP) is 2.87. The lowest BCUT2D eigenvalue weighted by molar-refractivity contribution is -0.138. The van der Waals surface area contributed by atoms with E-state index >= 15 is 0 Å². The van der Waals surface area contributed by atoms with Crippen molar-refractivity contribution in [2.75, 3.05) is 0 Å². The summed E-state index contributed by atoms with van der Waals surface area (Å²) in [6.07, 6.45) is 0.188. The van der Waals surface area contributed by atoms with Gasteiger partial charge in [-0.25, -0.2) is 0 Å². The average molecular weight is 306 g/mol. The number of hydrogen-bond donors (Lipinski definition) is 2. The van der Waals surface area contributed by atoms with Gasteiger partial charge in [-0.2, -0.15) is 0 Å². The molecule has 0 fully saturated rings. The molecule has 0 spiro atoms. The van der Waals surface area contributed by atoms with E-state index in [4.69, 9.17) is 27.2 Å². The summed E-state index contributed by atoms with van der Waals surface area (Å²) in [7, 11) is 0. The van der Waals surface area contributed by atoms with Crippen LogP contribution in [0.4, 0.5) is 0 Å². The summed E-state index contributed by atoms with van der Waals surface area (Å²) in [5.74, 6) is -0.410. The monoisotopic (exact) mass is 305 g/mol. The maximum atomic E-state index is 10.7. The highest BCUT2D eigenvalue weighted by Crippen LogP contribution is 2.24. The number of benzene rings is 2. The minimum Gasteiger partial charge on any atom is -0.489 e. The second kappa shape index (κ2) is 7.11. The van der Waals surface area contributed by atoms with E-state index in [1.54, 1.807) is 18.2 Å². The number of carboxylic acid groups (broad SMARTS) is 1. The Morgan fingerprint density at radius 3 is 2.57 bits per heavy atom. The van der Waals surface area contributed by atoms with Gasteiger partial charge in [0.05, 0.1) is 0 Å². The number of carbonyl (C=O) groups is 1. The first-order valence-corrected chi connectivity index (χ1v) is 6.87. The Hall–Kier alpha value is -2.04. The zero-order valence-corrected chi connectivity index (χ0v) is 12.1. The lowest BCUT2D eigenvalue weighted by Gasteiger charge is -2.11. The maximum absolute atomic E-state index is 10.7. The van der Waals surface area contributed by atoms with Crippen LogP contribution in [0.15, 0.2) is 48.5 Å². The smallest absolute Gasteiger partial charge is 0.320 e. The molecule has 0 amide bonds. The first-order chi connectivity index (χ1) is 10.1. The van der Waals surface area contributed by atoms with Gasteiger partial charge in [-0.15, -0.1) is 0 Å². The Morgan fingerprint density at radius 1 is 1.24 bits per heavy atom. The van der Waals surface area contributed by atoms with Crippen LogP contribution in [-0.2, 0) is 17.8 Å². The molecule has 2 aromatic carbocycles. The number of ether oxygens (including phenoxy) is 1. The van der Waals surface area contributed by atoms with Crippen LogP contribution in [0.2, 0.25) is 5.02 Å². The number of halogens is 1. The van der Waals surface area contributed by atoms with Gasteiger partial charge in [0.15, 0.2) is 0 Å². The fourth-order valence-corrected chi connectivity index (χ4v) is 2.10. The molecular weight excluding hydrogens is 290 g/mol. The molecule has 2 rings (SSSR count). The van der Waals surface area contributed by atoms with Crippen molar-refractivity contribution in [1.29, 1.82) is 0 Å². The van der Waals surface area contributed by atoms with Crippen molar-refractivity contribution in [3.63, 3.8) is 0 Å². The molecule has 4 nitrogen and oxygen atoms in total. The standard InChI is InChI=1S/C16H16ClNO3/c17-14-9-13(21-10-11-4-2-1-3-5-11)7-6-12(14)8-15(18)16(19)20/h1-7,9,15H,8,10,18H2,(H,19,20). The third-order valence-electron chi connectivity index (χ3n) is 3.03. The summed E-state index contributed by atoms with van der Waals surface area (Å²) >= 11 is 6.13. The van der Waals surface area contributed by atoms with Crippen molar-refractivity contribution < 1.29 is 14.6 Å². The van der Waals surface area contributed by atoms with Crippen LogP contribution in [0.5, 0.6) is 5.75 Å². The zero-order chi connectivity index (χ0) is 15.2. The lowest BCUT2D eigenvalue weighted by atomic mass is 10.1. The molecule has 0 aliphatic rings. The minimum atomic E-state index is -1.05. The molecule has 0 aliphatic heterocycles. The third-order valence-corrected chi connectivity index (χ3v) is 3.38. The lowest BCUT2D eigenvalue weighted by Crippen LogP contribution is -2.32. The minimum absolute atomic E-state index is 0.188. The Labute approximate surface area is 128 Å². The molecule has 1 unspecified atom stereocenters. The summed E-state index contributed by atoms with van der Waals surface area (Å²) in [5.41, 5.74) is 7.25. The molecule has 0 saturated carbocycles. The van der Waals surface area contributed by atoms with Crippen LogP contribution < -0.4 is 10.5 Å². The van der Waals surface area contributed by atoms with Crippen LogP contribution in [0.1, 0.15) is 11.1 Å². The van der Waals surface area contributed by atoms with E-state index in [0.29, 0.717) is 22.9 Å². The summed E-state index contributed by atoms with van der Waals surface area (Å²) in [5, 5.41) is 9.26. The second-order valence-corrected chi connectivity index (χ2v) is 5.08. The molecule has 5 heteroatoms. The second-order valence-electron chi connectivity index (χ2n) is 4.68. The van der Waals surface area contributed by atoms with Crippen LogP contribution in [0, 0.1) is 0 Å². The molecule has 0 heterocycles. The summed E-state index contributed by atoms with van der Waals surface area (Å²) in [6, 6.07) is 14.0. The van der Waals surface area contributed by atoms with E-state index in [1.807, 2.05) is 30.3 Å². The van der Waals surface area contributed by atoms with Crippen LogP contribution in [0.25, 0.3) is 0 Å². The van der Waals surface area contributed by atoms with Gasteiger partial charge in [0.2, 0.25) is 0 Å². The van der Waals surface area contributed by atoms with Crippen molar-refractivity contribution in [1.82, 2.24) is 0 Å². The molecule has 2 aromatic rings. The fourth-order valence-electron chi connectivity index (χ4n) is 1.85. The highest BCUT2D eigenvalue weighted by molar-refractivity contribution is 6.31. The van der Waals surface area contributed by atoms with Gasteiger partial charge >= 0.3 is 5.97 Å². The molecule has 21 heavy (non-hydrogen) atoms. The highest BCUT2D eigenvalue weighted by atomic mass is 35.5. The van der Waals surface area contributed by atoms with Gasteiger partial charge in [0, 0.05) is 5.02 Å². The highest BCUT2D eigenvalue weighted by Gasteiger charge is 2.14. The number of hydrogen-bond acceptors (Lipinski definition) is 3. The van der Waals surface area contributed by atoms with Crippen molar-refractivity contribution in [3.8, 4) is 5.75 Å². The molecule has 3 N–H and O–H groups in total. The van der Waals surface area contributed by atoms with Crippen LogP contribution in [0.3, 0.4) is 0 Å². The van der Waals surface area contributed by atoms with E-state index in [1.165, 1.54) is 0 Å². The summed E-state index contributed by atoms with van der Waals surface area (Å²) < 4.78 is 5.65. The van der Waals surface area contributed by atoms with E-state index < -0.39 is 12.0 Å². The number of rotatable bonds is 6. The van der Waals surface area contributed by atoms with E-state index in [-0.39, 0.29) is 6.42 Å². The van der Waals surface area contributed by atoms with E-state index in [0.717, 1.165) is 5.56 Å². The number of aliphatic carboxylic acids is 1. The number of nitrogens with two attached hydrogens (primary N) is 1.